The zero-order chi connectivity index (χ0) is 22.6. The summed E-state index contributed by atoms with van der Waals surface area (Å²) in [4.78, 5) is 27.1. The largest absolute Gasteiger partial charge is 0.392 e. The lowest BCUT2D eigenvalue weighted by molar-refractivity contribution is -0.182. The molecule has 3 aliphatic carbocycles. The summed E-state index contributed by atoms with van der Waals surface area (Å²) in [5.74, 6) is 0.426. The highest BCUT2D eigenvalue weighted by molar-refractivity contribution is 8.15. The summed E-state index contributed by atoms with van der Waals surface area (Å²) >= 11 is 1.11. The number of benzene rings is 1. The summed E-state index contributed by atoms with van der Waals surface area (Å²) in [6.45, 7) is 8.41. The molecule has 5 heteroatoms. The summed E-state index contributed by atoms with van der Waals surface area (Å²) in [5, 5.41) is 11.6. The lowest BCUT2D eigenvalue weighted by atomic mass is 9.45. The number of ether oxygens (including phenoxy) is 1. The fourth-order valence-corrected chi connectivity index (χ4v) is 8.52. The van der Waals surface area contributed by atoms with Crippen molar-refractivity contribution in [3.8, 4) is 0 Å². The SMILES string of the molecule is CO[C@@H]1CCC23CC[C@@H](C)[C@](C)(C12)[C@H](O)C[C@@](C)(SC(=O)c1ccccc1)C(=O)[C@@H]3C. The summed E-state index contributed by atoms with van der Waals surface area (Å²) in [6, 6.07) is 9.14. The van der Waals surface area contributed by atoms with Crippen molar-refractivity contribution in [2.75, 3.05) is 7.11 Å². The maximum atomic E-state index is 14.0. The molecule has 4 nitrogen and oxygen atoms in total. The van der Waals surface area contributed by atoms with E-state index in [9.17, 15) is 14.7 Å². The average Bonchev–Trinajstić information content (AvgIpc) is 3.16. The molecule has 0 aliphatic heterocycles. The van der Waals surface area contributed by atoms with Gasteiger partial charge in [-0.3, -0.25) is 9.59 Å². The molecule has 1 aromatic rings. The molecule has 0 radical (unpaired) electrons. The Morgan fingerprint density at radius 2 is 1.77 bits per heavy atom. The van der Waals surface area contributed by atoms with Crippen LogP contribution in [0, 0.1) is 28.6 Å². The minimum absolute atomic E-state index is 0.0700. The van der Waals surface area contributed by atoms with Crippen LogP contribution in [0.3, 0.4) is 0 Å². The van der Waals surface area contributed by atoms with Crippen LogP contribution in [0.4, 0.5) is 0 Å². The highest BCUT2D eigenvalue weighted by Gasteiger charge is 2.68. The van der Waals surface area contributed by atoms with E-state index in [-0.39, 0.29) is 39.7 Å². The van der Waals surface area contributed by atoms with Crippen molar-refractivity contribution >= 4 is 22.7 Å². The van der Waals surface area contributed by atoms with Crippen molar-refractivity contribution in [2.24, 2.45) is 28.6 Å². The standard InChI is InChI=1S/C26H36O4S/c1-16-11-13-26-14-12-19(30-5)21(26)25(16,4)20(27)15-24(3,22(28)17(26)2)31-23(29)18-9-7-6-8-10-18/h6-10,16-17,19-21,27H,11-15H2,1-5H3/t16-,17+,19-,20-,21?,24-,25+,26?/m1/s1. The number of Topliss-reactive ketones (excluding diaryl/α,β-unsaturated/α-hetero) is 1. The molecule has 3 aliphatic rings. The minimum atomic E-state index is -0.951. The highest BCUT2D eigenvalue weighted by atomic mass is 32.2. The number of hydrogen-bond acceptors (Lipinski definition) is 5. The second kappa shape index (κ2) is 8.00. The molecular weight excluding hydrogens is 408 g/mol. The first-order valence-corrected chi connectivity index (χ1v) is 12.5. The molecule has 0 saturated heterocycles. The molecule has 1 N–H and O–H groups in total. The first kappa shape index (κ1) is 23.0. The van der Waals surface area contributed by atoms with Crippen molar-refractivity contribution in [3.05, 3.63) is 35.9 Å². The van der Waals surface area contributed by atoms with Crippen molar-refractivity contribution in [1.29, 1.82) is 0 Å². The predicted octanol–water partition coefficient (Wildman–Crippen LogP) is 5.14. The van der Waals surface area contributed by atoms with E-state index < -0.39 is 10.9 Å². The van der Waals surface area contributed by atoms with Gasteiger partial charge in [0.05, 0.1) is 17.0 Å². The van der Waals surface area contributed by atoms with E-state index >= 15 is 0 Å². The molecule has 31 heavy (non-hydrogen) atoms. The number of methoxy groups -OCH3 is 1. The Bertz CT molecular complexity index is 856. The zero-order valence-corrected chi connectivity index (χ0v) is 20.2. The van der Waals surface area contributed by atoms with E-state index in [4.69, 9.17) is 4.74 Å². The molecular formula is C26H36O4S. The number of hydrogen-bond donors (Lipinski definition) is 1. The molecule has 0 spiro atoms. The predicted molar refractivity (Wildman–Crippen MR) is 124 cm³/mol. The highest BCUT2D eigenvalue weighted by Crippen LogP contribution is 2.68. The number of rotatable bonds is 3. The van der Waals surface area contributed by atoms with Gasteiger partial charge >= 0.3 is 0 Å². The van der Waals surface area contributed by atoms with Gasteiger partial charge in [0.25, 0.3) is 0 Å². The molecule has 4 rings (SSSR count). The monoisotopic (exact) mass is 444 g/mol. The van der Waals surface area contributed by atoms with Gasteiger partial charge < -0.3 is 9.84 Å². The van der Waals surface area contributed by atoms with Crippen molar-refractivity contribution in [2.45, 2.75) is 76.8 Å². The number of thioether (sulfide) groups is 1. The molecule has 0 heterocycles. The first-order chi connectivity index (χ1) is 14.6. The van der Waals surface area contributed by atoms with Crippen LogP contribution in [0.25, 0.3) is 0 Å². The van der Waals surface area contributed by atoms with E-state index in [0.717, 1.165) is 37.4 Å². The number of aliphatic hydroxyl groups excluding tert-OH is 1. The molecule has 1 aromatic carbocycles. The fourth-order valence-electron chi connectivity index (χ4n) is 7.34. The van der Waals surface area contributed by atoms with E-state index in [1.54, 1.807) is 19.2 Å². The van der Waals surface area contributed by atoms with Gasteiger partial charge in [0, 0.05) is 24.0 Å². The number of carbonyl (C=O) groups excluding carboxylic acids is 2. The van der Waals surface area contributed by atoms with E-state index in [1.807, 2.05) is 25.1 Å². The Morgan fingerprint density at radius 3 is 2.42 bits per heavy atom. The fraction of sp³-hybridized carbons (Fsp3) is 0.692. The summed E-state index contributed by atoms with van der Waals surface area (Å²) < 4.78 is 5.00. The minimum Gasteiger partial charge on any atom is -0.392 e. The van der Waals surface area contributed by atoms with E-state index in [2.05, 4.69) is 20.8 Å². The van der Waals surface area contributed by atoms with E-state index in [1.165, 1.54) is 0 Å². The van der Waals surface area contributed by atoms with E-state index in [0.29, 0.717) is 17.9 Å². The molecule has 3 fully saturated rings. The molecule has 3 saturated carbocycles. The Balaban J connectivity index is 1.77. The summed E-state index contributed by atoms with van der Waals surface area (Å²) in [6.07, 6.45) is 3.59. The van der Waals surface area contributed by atoms with Gasteiger partial charge in [0.1, 0.15) is 0 Å². The molecule has 0 amide bonds. The quantitative estimate of drug-likeness (QED) is 0.700. The Morgan fingerprint density at radius 1 is 1.13 bits per heavy atom. The zero-order valence-electron chi connectivity index (χ0n) is 19.4. The third-order valence-corrected chi connectivity index (χ3v) is 10.6. The molecule has 2 bridgehead atoms. The van der Waals surface area contributed by atoms with Crippen LogP contribution in [0.5, 0.6) is 0 Å². The number of carbonyl (C=O) groups is 2. The van der Waals surface area contributed by atoms with Crippen LogP contribution in [0.15, 0.2) is 30.3 Å². The lowest BCUT2D eigenvalue weighted by Crippen LogP contribution is -2.63. The van der Waals surface area contributed by atoms with Gasteiger partial charge in [-0.2, -0.15) is 0 Å². The van der Waals surface area contributed by atoms with Gasteiger partial charge in [-0.15, -0.1) is 0 Å². The molecule has 2 unspecified atom stereocenters. The number of aliphatic hydroxyl groups is 1. The van der Waals surface area contributed by atoms with Crippen molar-refractivity contribution in [3.63, 3.8) is 0 Å². The Labute approximate surface area is 190 Å². The summed E-state index contributed by atoms with van der Waals surface area (Å²) in [5.41, 5.74) is 0.0851. The van der Waals surface area contributed by atoms with Crippen LogP contribution in [0.1, 0.15) is 70.2 Å². The Kier molecular flexibility index (Phi) is 5.94. The van der Waals surface area contributed by atoms with Gasteiger partial charge in [-0.1, -0.05) is 62.9 Å². The maximum absolute atomic E-state index is 14.0. The van der Waals surface area contributed by atoms with Gasteiger partial charge in [-0.25, -0.2) is 0 Å². The first-order valence-electron chi connectivity index (χ1n) is 11.6. The second-order valence-electron chi connectivity index (χ2n) is 10.6. The normalized spacial score (nSPS) is 45.0. The second-order valence-corrected chi connectivity index (χ2v) is 12.1. The van der Waals surface area contributed by atoms with Crippen molar-refractivity contribution < 1.29 is 19.4 Å². The van der Waals surface area contributed by atoms with Gasteiger partial charge in [-0.05, 0) is 56.3 Å². The van der Waals surface area contributed by atoms with Crippen LogP contribution < -0.4 is 0 Å². The number of ketones is 1. The summed E-state index contributed by atoms with van der Waals surface area (Å²) in [7, 11) is 1.77. The van der Waals surface area contributed by atoms with Gasteiger partial charge in [0.15, 0.2) is 5.78 Å². The molecule has 8 atom stereocenters. The lowest BCUT2D eigenvalue weighted by Gasteiger charge is -2.61. The third kappa shape index (κ3) is 3.34. The Hall–Kier alpha value is -1.17. The maximum Gasteiger partial charge on any atom is 0.220 e. The molecule has 170 valence electrons. The van der Waals surface area contributed by atoms with Crippen LogP contribution >= 0.6 is 11.8 Å². The smallest absolute Gasteiger partial charge is 0.220 e. The average molecular weight is 445 g/mol. The van der Waals surface area contributed by atoms with Gasteiger partial charge in [0.2, 0.25) is 5.12 Å². The topological polar surface area (TPSA) is 63.6 Å². The third-order valence-electron chi connectivity index (χ3n) is 9.37. The van der Waals surface area contributed by atoms with Crippen molar-refractivity contribution in [1.82, 2.24) is 0 Å². The van der Waals surface area contributed by atoms with Crippen LogP contribution in [-0.4, -0.2) is 40.1 Å². The molecule has 0 aromatic heterocycles. The van der Waals surface area contributed by atoms with Crippen LogP contribution in [0.2, 0.25) is 0 Å². The van der Waals surface area contributed by atoms with Crippen LogP contribution in [-0.2, 0) is 9.53 Å².